The van der Waals surface area contributed by atoms with Gasteiger partial charge in [0.2, 0.25) is 0 Å². The van der Waals surface area contributed by atoms with Gasteiger partial charge in [0.05, 0.1) is 13.2 Å². The quantitative estimate of drug-likeness (QED) is 0.106. The molecule has 0 aromatic carbocycles. The second-order valence-electron chi connectivity index (χ2n) is 5.90. The second kappa shape index (κ2) is 11.3. The zero-order valence-corrected chi connectivity index (χ0v) is 18.7. The van der Waals surface area contributed by atoms with Crippen LogP contribution < -0.4 is 11.2 Å². The van der Waals surface area contributed by atoms with Crippen molar-refractivity contribution in [2.75, 3.05) is 19.9 Å². The first-order chi connectivity index (χ1) is 15.0. The topological polar surface area (TPSA) is 264 Å². The Kier molecular flexibility index (Phi) is 10.1. The molecule has 0 saturated carbocycles. The molecule has 2 unspecified atom stereocenters. The number of rotatable bonds is 13. The van der Waals surface area contributed by atoms with Crippen LogP contribution in [0.5, 0.6) is 0 Å². The fourth-order valence-electron chi connectivity index (χ4n) is 2.07. The van der Waals surface area contributed by atoms with Crippen molar-refractivity contribution in [1.82, 2.24) is 9.55 Å². The molecule has 0 radical (unpaired) electrons. The number of aromatic amines is 1. The van der Waals surface area contributed by atoms with Gasteiger partial charge in [-0.15, -0.1) is 6.42 Å². The number of terminal acetylenes is 1. The molecule has 0 fully saturated rings. The molecular weight excluding hydrogens is 524 g/mol. The lowest BCUT2D eigenvalue weighted by molar-refractivity contribution is -0.199. The number of hydrogen-bond acceptors (Lipinski definition) is 11. The van der Waals surface area contributed by atoms with Gasteiger partial charge in [-0.1, -0.05) is 5.92 Å². The number of aromatic nitrogens is 2. The van der Waals surface area contributed by atoms with Crippen molar-refractivity contribution < 1.29 is 65.8 Å². The number of nitrogens with zero attached hydrogens (tertiary/aromatic N) is 1. The van der Waals surface area contributed by atoms with Gasteiger partial charge in [-0.2, -0.15) is 8.62 Å². The maximum absolute atomic E-state index is 13.9. The maximum atomic E-state index is 13.9. The second-order valence-corrected chi connectivity index (χ2v) is 10.3. The van der Waals surface area contributed by atoms with Crippen molar-refractivity contribution in [2.45, 2.75) is 17.9 Å². The Morgan fingerprint density at radius 2 is 1.79 bits per heavy atom. The third-order valence-corrected chi connectivity index (χ3v) is 7.24. The lowest BCUT2D eigenvalue weighted by Crippen LogP contribution is -2.53. The summed E-state index contributed by atoms with van der Waals surface area (Å²) >= 11 is 0. The molecule has 1 aromatic rings. The maximum Gasteiger partial charge on any atom is 0.490 e. The molecule has 1 aromatic heterocycles. The number of alkyl halides is 1. The van der Waals surface area contributed by atoms with Crippen LogP contribution in [0.2, 0.25) is 0 Å². The molecule has 188 valence electrons. The molecule has 1 rings (SSSR count). The molecule has 33 heavy (non-hydrogen) atoms. The van der Waals surface area contributed by atoms with E-state index in [2.05, 4.69) is 13.1 Å². The van der Waals surface area contributed by atoms with E-state index in [1.165, 1.54) is 0 Å². The van der Waals surface area contributed by atoms with Gasteiger partial charge in [-0.05, 0) is 0 Å². The molecule has 0 spiro atoms. The van der Waals surface area contributed by atoms with Crippen LogP contribution in [0, 0.1) is 12.3 Å². The summed E-state index contributed by atoms with van der Waals surface area (Å²) in [6.45, 7) is -4.46. The Morgan fingerprint density at radius 3 is 2.24 bits per heavy atom. The Labute approximate surface area is 182 Å². The number of phosphoric acid groups is 3. The molecule has 1 heterocycles. The van der Waals surface area contributed by atoms with Gasteiger partial charge >= 0.3 is 29.2 Å². The fourth-order valence-corrected chi connectivity index (χ4v) is 5.15. The van der Waals surface area contributed by atoms with Crippen LogP contribution in [0.25, 0.3) is 0 Å². The van der Waals surface area contributed by atoms with Crippen LogP contribution in [0.4, 0.5) is 4.39 Å². The van der Waals surface area contributed by atoms with Gasteiger partial charge in [-0.3, -0.25) is 18.9 Å². The van der Waals surface area contributed by atoms with Crippen molar-refractivity contribution in [3.8, 4) is 12.3 Å². The molecule has 21 heteroatoms. The molecule has 0 aliphatic rings. The summed E-state index contributed by atoms with van der Waals surface area (Å²) in [5.41, 5.74) is -4.83. The minimum Gasteiger partial charge on any atom is -0.392 e. The summed E-state index contributed by atoms with van der Waals surface area (Å²) < 4.78 is 64.7. The van der Waals surface area contributed by atoms with Gasteiger partial charge in [0, 0.05) is 12.3 Å². The molecular formula is C12H18FN2O15P3. The molecule has 7 N–H and O–H groups in total. The fraction of sp³-hybridized carbons (Fsp3) is 0.500. The highest BCUT2D eigenvalue weighted by Crippen LogP contribution is 2.66. The summed E-state index contributed by atoms with van der Waals surface area (Å²) in [6.07, 6.45) is 1.66. The lowest BCUT2D eigenvalue weighted by Gasteiger charge is -2.36. The predicted molar refractivity (Wildman–Crippen MR) is 102 cm³/mol. The zero-order chi connectivity index (χ0) is 25.7. The molecule has 0 bridgehead atoms. The standard InChI is InChI=1S/C12H18FN2O15P3/c1-2-8(17)12(6-13,28-10(5-16)15-4-3-9(18)14-11(15)19)7-27-32(23,24)30-33(25,26)29-31(20,21)22/h1,3-4,8,10,16-17H,5-7H2,(H,23,24)(H,25,26)(H,14,18,19)(H2,20,21,22)/t8-,10+,12+/m0/s1. The highest BCUT2D eigenvalue weighted by atomic mass is 31.3. The molecule has 17 nitrogen and oxygen atoms in total. The van der Waals surface area contributed by atoms with Crippen molar-refractivity contribution in [3.63, 3.8) is 0 Å². The number of aliphatic hydroxyl groups excluding tert-OH is 2. The molecule has 0 saturated heterocycles. The molecule has 5 atom stereocenters. The number of nitrogens with one attached hydrogen (secondary N) is 1. The number of aliphatic hydroxyl groups is 2. The number of phosphoric ester groups is 1. The largest absolute Gasteiger partial charge is 0.490 e. The molecule has 0 aliphatic carbocycles. The van der Waals surface area contributed by atoms with Crippen LogP contribution >= 0.6 is 23.5 Å². The lowest BCUT2D eigenvalue weighted by atomic mass is 9.99. The number of hydrogen-bond donors (Lipinski definition) is 7. The van der Waals surface area contributed by atoms with Crippen molar-refractivity contribution in [3.05, 3.63) is 33.1 Å². The van der Waals surface area contributed by atoms with Crippen LogP contribution in [0.3, 0.4) is 0 Å². The van der Waals surface area contributed by atoms with E-state index >= 15 is 0 Å². The average molecular weight is 542 g/mol. The average Bonchev–Trinajstić information content (AvgIpc) is 2.66. The van der Waals surface area contributed by atoms with Gasteiger partial charge in [-0.25, -0.2) is 22.9 Å². The van der Waals surface area contributed by atoms with E-state index in [-0.39, 0.29) is 0 Å². The van der Waals surface area contributed by atoms with Crippen LogP contribution in [-0.2, 0) is 31.6 Å². The Balaban J connectivity index is 3.21. The smallest absolute Gasteiger partial charge is 0.392 e. The van der Waals surface area contributed by atoms with Gasteiger partial charge in [0.15, 0.2) is 11.8 Å². The van der Waals surface area contributed by atoms with E-state index < -0.39 is 72.5 Å². The summed E-state index contributed by atoms with van der Waals surface area (Å²) in [5.74, 6) is 1.62. The van der Waals surface area contributed by atoms with Crippen molar-refractivity contribution in [2.24, 2.45) is 0 Å². The Bertz CT molecular complexity index is 1120. The van der Waals surface area contributed by atoms with E-state index in [9.17, 15) is 42.8 Å². The van der Waals surface area contributed by atoms with E-state index in [0.29, 0.717) is 4.57 Å². The third-order valence-electron chi connectivity index (χ3n) is 3.46. The van der Waals surface area contributed by atoms with Crippen molar-refractivity contribution >= 4 is 23.5 Å². The van der Waals surface area contributed by atoms with Crippen LogP contribution in [-0.4, -0.2) is 70.9 Å². The summed E-state index contributed by atoms with van der Waals surface area (Å²) in [4.78, 5) is 60.5. The monoisotopic (exact) mass is 542 g/mol. The number of halogens is 1. The van der Waals surface area contributed by atoms with Crippen molar-refractivity contribution in [1.29, 1.82) is 0 Å². The Morgan fingerprint density at radius 1 is 1.18 bits per heavy atom. The van der Waals surface area contributed by atoms with E-state index in [0.717, 1.165) is 12.3 Å². The summed E-state index contributed by atoms with van der Waals surface area (Å²) in [5, 5.41) is 19.5. The zero-order valence-electron chi connectivity index (χ0n) is 16.0. The van der Waals surface area contributed by atoms with E-state index in [1.807, 2.05) is 0 Å². The highest BCUT2D eigenvalue weighted by molar-refractivity contribution is 7.66. The first-order valence-corrected chi connectivity index (χ1v) is 12.6. The first kappa shape index (κ1) is 29.5. The Hall–Kier alpha value is -1.54. The molecule has 0 amide bonds. The summed E-state index contributed by atoms with van der Waals surface area (Å²) in [6, 6.07) is 0.814. The van der Waals surface area contributed by atoms with E-state index in [4.69, 9.17) is 25.8 Å². The predicted octanol–water partition coefficient (Wildman–Crippen LogP) is -1.91. The highest BCUT2D eigenvalue weighted by Gasteiger charge is 2.47. The first-order valence-electron chi connectivity index (χ1n) is 8.08. The van der Waals surface area contributed by atoms with Gasteiger partial charge < -0.3 is 34.5 Å². The minimum absolute atomic E-state index is 0.528. The van der Waals surface area contributed by atoms with Gasteiger partial charge in [0.25, 0.3) is 5.56 Å². The number of ether oxygens (including phenoxy) is 1. The minimum atomic E-state index is -5.91. The molecule has 0 aliphatic heterocycles. The van der Waals surface area contributed by atoms with Gasteiger partial charge in [0.1, 0.15) is 12.8 Å². The SMILES string of the molecule is C#C[C@H](O)[C@@](CF)(COP(=O)(O)OP(=O)(O)OP(=O)(O)O)O[C@H](CO)n1ccc(=O)[nH]c1=O. The summed E-state index contributed by atoms with van der Waals surface area (Å²) in [7, 11) is -17.4. The van der Waals surface area contributed by atoms with E-state index in [1.54, 1.807) is 10.9 Å². The third kappa shape index (κ3) is 8.96. The normalized spacial score (nSPS) is 19.5. The van der Waals surface area contributed by atoms with Crippen LogP contribution in [0.1, 0.15) is 6.23 Å². The van der Waals surface area contributed by atoms with Crippen LogP contribution in [0.15, 0.2) is 21.9 Å². The number of H-pyrrole nitrogens is 1.